The molecule has 6 heteroatoms. The molecule has 3 rings (SSSR count). The van der Waals surface area contributed by atoms with E-state index in [4.69, 9.17) is 4.74 Å². The first-order chi connectivity index (χ1) is 14.2. The van der Waals surface area contributed by atoms with Gasteiger partial charge in [-0.1, -0.05) is 18.2 Å². The number of amides is 1. The van der Waals surface area contributed by atoms with E-state index < -0.39 is 0 Å². The molecule has 2 aromatic rings. The molecule has 30 heavy (non-hydrogen) atoms. The van der Waals surface area contributed by atoms with Gasteiger partial charge in [-0.05, 0) is 63.1 Å². The fourth-order valence-corrected chi connectivity index (χ4v) is 3.97. The van der Waals surface area contributed by atoms with Gasteiger partial charge in [-0.15, -0.1) is 0 Å². The normalized spacial score (nSPS) is 15.0. The summed E-state index contributed by atoms with van der Waals surface area (Å²) in [7, 11) is 1.58. The number of hydrogen-bond donors (Lipinski definition) is 1. The minimum Gasteiger partial charge on any atom is -0.497 e. The second-order valence-electron chi connectivity index (χ2n) is 7.94. The largest absolute Gasteiger partial charge is 0.497 e. The highest BCUT2D eigenvalue weighted by atomic mass is 19.1. The quantitative estimate of drug-likeness (QED) is 0.563. The van der Waals surface area contributed by atoms with Crippen LogP contribution in [0.1, 0.15) is 44.4 Å². The lowest BCUT2D eigenvalue weighted by molar-refractivity contribution is -0.120. The van der Waals surface area contributed by atoms with Crippen molar-refractivity contribution in [2.45, 2.75) is 39.7 Å². The molecule has 0 atom stereocenters. The van der Waals surface area contributed by atoms with E-state index in [-0.39, 0.29) is 23.7 Å². The minimum atomic E-state index is -0.372. The van der Waals surface area contributed by atoms with Crippen molar-refractivity contribution < 1.29 is 13.9 Å². The standard InChI is InChI=1S/C24H28FN3O2/c1-6-28-22-13-21(25)18(12-20(22)16(2)14-24(28,3)4)15-26-27-23(29)11-17-8-7-9-19(10-17)30-5/h7-10,12-15H,6,11H2,1-5H3,(H,27,29)/b26-15+. The number of allylic oxidation sites excluding steroid dienone is 1. The van der Waals surface area contributed by atoms with Crippen LogP contribution in [0.3, 0.4) is 0 Å². The van der Waals surface area contributed by atoms with E-state index in [1.807, 2.05) is 25.1 Å². The maximum absolute atomic E-state index is 14.8. The van der Waals surface area contributed by atoms with Crippen LogP contribution < -0.4 is 15.1 Å². The number of carbonyl (C=O) groups is 1. The molecule has 0 saturated heterocycles. The molecule has 0 spiro atoms. The van der Waals surface area contributed by atoms with E-state index in [0.29, 0.717) is 11.3 Å². The topological polar surface area (TPSA) is 53.9 Å². The Morgan fingerprint density at radius 2 is 2.07 bits per heavy atom. The predicted octanol–water partition coefficient (Wildman–Crippen LogP) is 4.55. The SMILES string of the molecule is CCN1c2cc(F)c(/C=N/NC(=O)Cc3cccc(OC)c3)cc2C(C)=CC1(C)C. The Bertz CT molecular complexity index is 1010. The summed E-state index contributed by atoms with van der Waals surface area (Å²) in [5.41, 5.74) is 6.37. The Labute approximate surface area is 177 Å². The molecule has 0 saturated carbocycles. The number of nitrogens with zero attached hydrogens (tertiary/aromatic N) is 2. The van der Waals surface area contributed by atoms with Crippen LogP contribution >= 0.6 is 0 Å². The van der Waals surface area contributed by atoms with Crippen LogP contribution in [-0.4, -0.2) is 31.3 Å². The summed E-state index contributed by atoms with van der Waals surface area (Å²) in [4.78, 5) is 14.3. The van der Waals surface area contributed by atoms with Crippen molar-refractivity contribution in [1.82, 2.24) is 5.43 Å². The summed E-state index contributed by atoms with van der Waals surface area (Å²) in [5, 5.41) is 3.95. The van der Waals surface area contributed by atoms with Gasteiger partial charge >= 0.3 is 0 Å². The molecule has 0 radical (unpaired) electrons. The summed E-state index contributed by atoms with van der Waals surface area (Å²) < 4.78 is 19.9. The molecule has 1 heterocycles. The Balaban J connectivity index is 1.75. The molecular formula is C24H28FN3O2. The number of methoxy groups -OCH3 is 1. The molecule has 1 N–H and O–H groups in total. The van der Waals surface area contributed by atoms with Gasteiger partial charge in [0, 0.05) is 23.4 Å². The summed E-state index contributed by atoms with van der Waals surface area (Å²) >= 11 is 0. The predicted molar refractivity (Wildman–Crippen MR) is 120 cm³/mol. The molecule has 0 aliphatic carbocycles. The van der Waals surface area contributed by atoms with Crippen LogP contribution in [-0.2, 0) is 11.2 Å². The third-order valence-electron chi connectivity index (χ3n) is 5.30. The second-order valence-corrected chi connectivity index (χ2v) is 7.94. The number of hydrazone groups is 1. The van der Waals surface area contributed by atoms with Crippen LogP contribution in [0.15, 0.2) is 47.6 Å². The van der Waals surface area contributed by atoms with Crippen molar-refractivity contribution in [2.75, 3.05) is 18.6 Å². The van der Waals surface area contributed by atoms with Crippen LogP contribution in [0.2, 0.25) is 0 Å². The summed E-state index contributed by atoms with van der Waals surface area (Å²) in [6.45, 7) is 9.10. The molecule has 0 fully saturated rings. The molecule has 1 aliphatic rings. The summed E-state index contributed by atoms with van der Waals surface area (Å²) in [5.74, 6) is 0.0315. The maximum atomic E-state index is 14.8. The van der Waals surface area contributed by atoms with E-state index in [1.54, 1.807) is 25.3 Å². The minimum absolute atomic E-state index is 0.156. The van der Waals surface area contributed by atoms with Crippen molar-refractivity contribution in [3.8, 4) is 5.75 Å². The number of rotatable bonds is 6. The fraction of sp³-hybridized carbons (Fsp3) is 0.333. The first-order valence-electron chi connectivity index (χ1n) is 10.0. The summed E-state index contributed by atoms with van der Waals surface area (Å²) in [6.07, 6.45) is 3.69. The Kier molecular flexibility index (Phi) is 6.25. The molecule has 2 aromatic carbocycles. The number of anilines is 1. The van der Waals surface area contributed by atoms with E-state index in [9.17, 15) is 9.18 Å². The number of carbonyl (C=O) groups excluding carboxylic acids is 1. The zero-order valence-electron chi connectivity index (χ0n) is 18.1. The van der Waals surface area contributed by atoms with Gasteiger partial charge in [-0.3, -0.25) is 4.79 Å². The zero-order valence-corrected chi connectivity index (χ0v) is 18.1. The van der Waals surface area contributed by atoms with Crippen molar-refractivity contribution in [3.05, 3.63) is 65.0 Å². The average molecular weight is 410 g/mol. The van der Waals surface area contributed by atoms with Gasteiger partial charge < -0.3 is 9.64 Å². The Morgan fingerprint density at radius 3 is 2.77 bits per heavy atom. The highest BCUT2D eigenvalue weighted by Crippen LogP contribution is 2.39. The Hall–Kier alpha value is -3.15. The number of halogens is 1. The summed E-state index contributed by atoms with van der Waals surface area (Å²) in [6, 6.07) is 10.6. The van der Waals surface area contributed by atoms with E-state index in [1.165, 1.54) is 6.21 Å². The van der Waals surface area contributed by atoms with Crippen molar-refractivity contribution in [1.29, 1.82) is 0 Å². The molecule has 1 amide bonds. The number of benzene rings is 2. The third kappa shape index (κ3) is 4.53. The Morgan fingerprint density at radius 1 is 1.30 bits per heavy atom. The number of hydrogen-bond acceptors (Lipinski definition) is 4. The number of nitrogens with one attached hydrogen (secondary N) is 1. The van der Waals surface area contributed by atoms with E-state index >= 15 is 0 Å². The first kappa shape index (κ1) is 21.6. The first-order valence-corrected chi connectivity index (χ1v) is 10.0. The van der Waals surface area contributed by atoms with Gasteiger partial charge in [0.15, 0.2) is 0 Å². The van der Waals surface area contributed by atoms with Crippen molar-refractivity contribution >= 4 is 23.4 Å². The number of likely N-dealkylation sites (N-methyl/N-ethyl adjacent to an activating group) is 1. The van der Waals surface area contributed by atoms with Gasteiger partial charge in [0.2, 0.25) is 5.91 Å². The molecule has 0 aromatic heterocycles. The number of fused-ring (bicyclic) bond motifs is 1. The van der Waals surface area contributed by atoms with E-state index in [0.717, 1.165) is 28.9 Å². The zero-order chi connectivity index (χ0) is 21.9. The molecule has 5 nitrogen and oxygen atoms in total. The highest BCUT2D eigenvalue weighted by Gasteiger charge is 2.30. The molecule has 158 valence electrons. The highest BCUT2D eigenvalue weighted by molar-refractivity contribution is 5.89. The number of ether oxygens (including phenoxy) is 1. The lowest BCUT2D eigenvalue weighted by Crippen LogP contribution is -2.45. The third-order valence-corrected chi connectivity index (χ3v) is 5.30. The van der Waals surface area contributed by atoms with Crippen LogP contribution in [0.25, 0.3) is 5.57 Å². The van der Waals surface area contributed by atoms with Crippen LogP contribution in [0, 0.1) is 5.82 Å². The van der Waals surface area contributed by atoms with Gasteiger partial charge in [0.1, 0.15) is 11.6 Å². The lowest BCUT2D eigenvalue weighted by Gasteiger charge is -2.42. The van der Waals surface area contributed by atoms with Crippen LogP contribution in [0.5, 0.6) is 5.75 Å². The molecule has 0 unspecified atom stereocenters. The molecule has 0 bridgehead atoms. The van der Waals surface area contributed by atoms with E-state index in [2.05, 4.69) is 42.3 Å². The van der Waals surface area contributed by atoms with Crippen LogP contribution in [0.4, 0.5) is 10.1 Å². The van der Waals surface area contributed by atoms with Gasteiger partial charge in [0.25, 0.3) is 0 Å². The average Bonchev–Trinajstić information content (AvgIpc) is 2.68. The van der Waals surface area contributed by atoms with Gasteiger partial charge in [-0.25, -0.2) is 9.82 Å². The van der Waals surface area contributed by atoms with Crippen molar-refractivity contribution in [2.24, 2.45) is 5.10 Å². The second kappa shape index (κ2) is 8.69. The monoisotopic (exact) mass is 409 g/mol. The van der Waals surface area contributed by atoms with Gasteiger partial charge in [0.05, 0.1) is 25.3 Å². The molecular weight excluding hydrogens is 381 g/mol. The lowest BCUT2D eigenvalue weighted by atomic mass is 9.88. The maximum Gasteiger partial charge on any atom is 0.244 e. The molecule has 1 aliphatic heterocycles. The smallest absolute Gasteiger partial charge is 0.244 e. The van der Waals surface area contributed by atoms with Crippen molar-refractivity contribution in [3.63, 3.8) is 0 Å². The fourth-order valence-electron chi connectivity index (χ4n) is 3.97. The van der Waals surface area contributed by atoms with Gasteiger partial charge in [-0.2, -0.15) is 5.10 Å².